The van der Waals surface area contributed by atoms with E-state index < -0.39 is 22.0 Å². The van der Waals surface area contributed by atoms with Crippen molar-refractivity contribution in [2.45, 2.75) is 10.9 Å². The maximum absolute atomic E-state index is 12.5. The molecule has 3 N–H and O–H groups in total. The summed E-state index contributed by atoms with van der Waals surface area (Å²) < 4.78 is 27.6. The van der Waals surface area contributed by atoms with E-state index in [4.69, 9.17) is 11.6 Å². The summed E-state index contributed by atoms with van der Waals surface area (Å²) in [6.07, 6.45) is 0. The fourth-order valence-corrected chi connectivity index (χ4v) is 3.97. The second kappa shape index (κ2) is 9.67. The number of nitrogens with one attached hydrogen (secondary N) is 3. The third kappa shape index (κ3) is 5.65. The smallest absolute Gasteiger partial charge is 0.266 e. The normalized spacial score (nSPS) is 12.3. The van der Waals surface area contributed by atoms with Crippen LogP contribution in [-0.2, 0) is 10.0 Å². The van der Waals surface area contributed by atoms with Crippen molar-refractivity contribution < 1.29 is 13.2 Å². The van der Waals surface area contributed by atoms with Crippen molar-refractivity contribution in [2.75, 3.05) is 6.54 Å². The molecule has 3 aromatic carbocycles. The van der Waals surface area contributed by atoms with Gasteiger partial charge in [0.05, 0.1) is 21.5 Å². The lowest BCUT2D eigenvalue weighted by atomic mass is 10.1. The van der Waals surface area contributed by atoms with Gasteiger partial charge >= 0.3 is 0 Å². The molecular weight excluding hydrogens is 410 g/mol. The van der Waals surface area contributed by atoms with Crippen LogP contribution < -0.4 is 15.6 Å². The lowest BCUT2D eigenvalue weighted by Gasteiger charge is -2.20. The quantitative estimate of drug-likeness (QED) is 0.479. The number of benzene rings is 3. The van der Waals surface area contributed by atoms with Crippen molar-refractivity contribution >= 4 is 27.5 Å². The summed E-state index contributed by atoms with van der Waals surface area (Å²) in [4.78, 5) is 12.6. The van der Waals surface area contributed by atoms with E-state index in [2.05, 4.69) is 15.6 Å². The van der Waals surface area contributed by atoms with Crippen LogP contribution in [0.3, 0.4) is 0 Å². The second-order valence-electron chi connectivity index (χ2n) is 6.21. The average Bonchev–Trinajstić information content (AvgIpc) is 2.75. The van der Waals surface area contributed by atoms with E-state index in [0.29, 0.717) is 10.6 Å². The number of carbonyl (C=O) groups excluding carboxylic acids is 1. The first-order valence-electron chi connectivity index (χ1n) is 8.87. The number of hydrazine groups is 1. The van der Waals surface area contributed by atoms with Crippen LogP contribution in [0.25, 0.3) is 0 Å². The van der Waals surface area contributed by atoms with Gasteiger partial charge in [0.1, 0.15) is 0 Å². The molecular formula is C21H20ClN3O3S. The van der Waals surface area contributed by atoms with Gasteiger partial charge in [0.15, 0.2) is 0 Å². The number of hydrogen-bond acceptors (Lipinski definition) is 4. The minimum atomic E-state index is -3.68. The molecule has 0 radical (unpaired) electrons. The minimum absolute atomic E-state index is 0.0318. The molecule has 0 aliphatic heterocycles. The Labute approximate surface area is 174 Å². The molecule has 0 aromatic heterocycles. The maximum atomic E-state index is 12.5. The topological polar surface area (TPSA) is 87.3 Å². The molecule has 3 rings (SSSR count). The molecule has 150 valence electrons. The van der Waals surface area contributed by atoms with Crippen molar-refractivity contribution in [2.24, 2.45) is 0 Å². The average molecular weight is 430 g/mol. The molecule has 0 saturated carbocycles. The molecule has 0 saturated heterocycles. The van der Waals surface area contributed by atoms with Gasteiger partial charge in [-0.1, -0.05) is 72.3 Å². The van der Waals surface area contributed by atoms with Gasteiger partial charge in [-0.25, -0.2) is 18.6 Å². The summed E-state index contributed by atoms with van der Waals surface area (Å²) >= 11 is 6.06. The van der Waals surface area contributed by atoms with Crippen LogP contribution in [0.2, 0.25) is 5.02 Å². The number of halogens is 1. The predicted molar refractivity (Wildman–Crippen MR) is 113 cm³/mol. The van der Waals surface area contributed by atoms with Crippen LogP contribution in [0.15, 0.2) is 89.8 Å². The zero-order chi connectivity index (χ0) is 20.7. The van der Waals surface area contributed by atoms with Crippen molar-refractivity contribution in [3.05, 3.63) is 101 Å². The lowest BCUT2D eigenvalue weighted by Crippen LogP contribution is -2.44. The van der Waals surface area contributed by atoms with Crippen molar-refractivity contribution in [3.8, 4) is 0 Å². The van der Waals surface area contributed by atoms with Gasteiger partial charge in [-0.3, -0.25) is 10.2 Å². The zero-order valence-electron chi connectivity index (χ0n) is 15.4. The van der Waals surface area contributed by atoms with E-state index in [1.165, 1.54) is 12.1 Å². The molecule has 0 unspecified atom stereocenters. The molecule has 0 aliphatic rings. The fourth-order valence-electron chi connectivity index (χ4n) is 2.68. The standard InChI is InChI=1S/C21H20ClN3O3S/c22-19-14-8-7-13-18(19)21(26)25-24-20(16-9-3-1-4-10-16)15-23-29(27,28)17-11-5-2-6-12-17/h1-14,20,23-24H,15H2,(H,25,26)/t20-/m0/s1. The Morgan fingerprint density at radius 2 is 1.45 bits per heavy atom. The summed E-state index contributed by atoms with van der Waals surface area (Å²) in [6.45, 7) is 0.0318. The van der Waals surface area contributed by atoms with E-state index in [0.717, 1.165) is 5.56 Å². The van der Waals surface area contributed by atoms with Gasteiger partial charge in [-0.05, 0) is 29.8 Å². The Morgan fingerprint density at radius 1 is 0.862 bits per heavy atom. The van der Waals surface area contributed by atoms with Crippen LogP contribution in [0.4, 0.5) is 0 Å². The first-order chi connectivity index (χ1) is 14.0. The van der Waals surface area contributed by atoms with Crippen LogP contribution >= 0.6 is 11.6 Å². The largest absolute Gasteiger partial charge is 0.287 e. The first kappa shape index (κ1) is 21.0. The van der Waals surface area contributed by atoms with Crippen LogP contribution in [0.1, 0.15) is 22.0 Å². The number of carbonyl (C=O) groups is 1. The van der Waals surface area contributed by atoms with E-state index in [9.17, 15) is 13.2 Å². The second-order valence-corrected chi connectivity index (χ2v) is 8.38. The molecule has 3 aromatic rings. The van der Waals surface area contributed by atoms with Crippen molar-refractivity contribution in [1.29, 1.82) is 0 Å². The molecule has 6 nitrogen and oxygen atoms in total. The number of sulfonamides is 1. The summed E-state index contributed by atoms with van der Waals surface area (Å²) in [5.74, 6) is -0.414. The minimum Gasteiger partial charge on any atom is -0.287 e. The van der Waals surface area contributed by atoms with E-state index >= 15 is 0 Å². The maximum Gasteiger partial charge on any atom is 0.266 e. The highest BCUT2D eigenvalue weighted by Gasteiger charge is 2.19. The monoisotopic (exact) mass is 429 g/mol. The van der Waals surface area contributed by atoms with Crippen molar-refractivity contribution in [1.82, 2.24) is 15.6 Å². The van der Waals surface area contributed by atoms with Crippen LogP contribution in [-0.4, -0.2) is 20.9 Å². The Bertz CT molecular complexity index is 1060. The summed E-state index contributed by atoms with van der Waals surface area (Å²) in [5.41, 5.74) is 6.63. The van der Waals surface area contributed by atoms with Gasteiger partial charge in [0.25, 0.3) is 5.91 Å². The molecule has 0 fully saturated rings. The van der Waals surface area contributed by atoms with Crippen LogP contribution in [0, 0.1) is 0 Å². The van der Waals surface area contributed by atoms with Gasteiger partial charge in [0, 0.05) is 6.54 Å². The Morgan fingerprint density at radius 3 is 2.10 bits per heavy atom. The summed E-state index contributed by atoms with van der Waals surface area (Å²) in [7, 11) is -3.68. The third-order valence-electron chi connectivity index (χ3n) is 4.21. The van der Waals surface area contributed by atoms with Crippen molar-refractivity contribution in [3.63, 3.8) is 0 Å². The Kier molecular flexibility index (Phi) is 7.00. The molecule has 1 amide bonds. The van der Waals surface area contributed by atoms with Crippen LogP contribution in [0.5, 0.6) is 0 Å². The van der Waals surface area contributed by atoms with Gasteiger partial charge in [-0.2, -0.15) is 0 Å². The zero-order valence-corrected chi connectivity index (χ0v) is 17.0. The molecule has 0 aliphatic carbocycles. The number of rotatable bonds is 8. The predicted octanol–water partition coefficient (Wildman–Crippen LogP) is 3.29. The Hall–Kier alpha value is -2.71. The lowest BCUT2D eigenvalue weighted by molar-refractivity contribution is 0.0925. The number of amides is 1. The van der Waals surface area contributed by atoms with E-state index in [1.807, 2.05) is 30.3 Å². The summed E-state index contributed by atoms with van der Waals surface area (Å²) in [5, 5.41) is 0.327. The summed E-state index contributed by atoms with van der Waals surface area (Å²) in [6, 6.07) is 23.5. The van der Waals surface area contributed by atoms with Gasteiger partial charge in [0.2, 0.25) is 10.0 Å². The highest BCUT2D eigenvalue weighted by atomic mass is 35.5. The molecule has 1 atom stereocenters. The highest BCUT2D eigenvalue weighted by molar-refractivity contribution is 7.89. The Balaban J connectivity index is 1.72. The highest BCUT2D eigenvalue weighted by Crippen LogP contribution is 2.16. The molecule has 0 heterocycles. The number of hydrogen-bond donors (Lipinski definition) is 3. The van der Waals surface area contributed by atoms with Gasteiger partial charge < -0.3 is 0 Å². The van der Waals surface area contributed by atoms with Gasteiger partial charge in [-0.15, -0.1) is 0 Å². The van der Waals surface area contributed by atoms with E-state index in [-0.39, 0.29) is 11.4 Å². The molecule has 0 spiro atoms. The first-order valence-corrected chi connectivity index (χ1v) is 10.7. The third-order valence-corrected chi connectivity index (χ3v) is 5.98. The fraction of sp³-hybridized carbons (Fsp3) is 0.0952. The molecule has 0 bridgehead atoms. The van der Waals surface area contributed by atoms with E-state index in [1.54, 1.807) is 42.5 Å². The SMILES string of the molecule is O=C(NN[C@@H](CNS(=O)(=O)c1ccccc1)c1ccccc1)c1ccccc1Cl. The molecule has 29 heavy (non-hydrogen) atoms. The molecule has 8 heteroatoms.